The zero-order chi connectivity index (χ0) is 61.4. The monoisotopic (exact) mass is 1160 g/mol. The number of nitrogens with zero attached hydrogens (tertiary/aromatic N) is 4. The summed E-state index contributed by atoms with van der Waals surface area (Å²) < 4.78 is 20.4. The van der Waals surface area contributed by atoms with Gasteiger partial charge in [0.05, 0.1) is 33.4 Å². The number of furan rings is 1. The van der Waals surface area contributed by atoms with Crippen LogP contribution in [0, 0.1) is 6.33 Å². The highest BCUT2D eigenvalue weighted by Crippen LogP contribution is 2.48. The second-order valence-electron chi connectivity index (χ2n) is 27.4. The van der Waals surface area contributed by atoms with E-state index in [-0.39, 0.29) is 16.2 Å². The van der Waals surface area contributed by atoms with Crippen LogP contribution in [0.5, 0.6) is 11.5 Å². The van der Waals surface area contributed by atoms with Crippen molar-refractivity contribution in [2.45, 2.75) is 78.6 Å². The summed E-state index contributed by atoms with van der Waals surface area (Å²) >= 11 is 0. The van der Waals surface area contributed by atoms with Gasteiger partial charge in [0.15, 0.2) is 0 Å². The number of hydrogen-bond donors (Lipinski definition) is 0. The number of aromatic nitrogens is 4. The fourth-order valence-electron chi connectivity index (χ4n) is 13.6. The van der Waals surface area contributed by atoms with Gasteiger partial charge in [-0.1, -0.05) is 220 Å². The molecule has 0 unspecified atom stereocenters. The Morgan fingerprint density at radius 2 is 0.967 bits per heavy atom. The molecule has 436 valence electrons. The first-order valence-corrected chi connectivity index (χ1v) is 31.3. The van der Waals surface area contributed by atoms with Crippen molar-refractivity contribution in [3.8, 4) is 95.5 Å². The Kier molecular flexibility index (Phi) is 12.5. The Bertz CT molecular complexity index is 5380. The van der Waals surface area contributed by atoms with Crippen LogP contribution >= 0.6 is 0 Å². The van der Waals surface area contributed by atoms with Crippen molar-refractivity contribution in [1.82, 2.24) is 14.1 Å². The van der Waals surface area contributed by atoms with Crippen LogP contribution in [0.25, 0.3) is 139 Å². The number of hydrogen-bond acceptors (Lipinski definition) is 3. The molecule has 0 aliphatic carbocycles. The van der Waals surface area contributed by atoms with E-state index in [0.29, 0.717) is 5.75 Å². The molecule has 0 atom stereocenters. The van der Waals surface area contributed by atoms with Gasteiger partial charge in [0.25, 0.3) is 6.33 Å². The molecule has 0 spiro atoms. The lowest BCUT2D eigenvalue weighted by atomic mass is 9.84. The number of fused-ring (bicyclic) bond motifs is 13. The van der Waals surface area contributed by atoms with Crippen LogP contribution in [0.4, 0.5) is 0 Å². The summed E-state index contributed by atoms with van der Waals surface area (Å²) in [6, 6.07) is 88.7. The molecule has 4 aromatic heterocycles. The zero-order valence-electron chi connectivity index (χ0n) is 52.3. The highest BCUT2D eigenvalue weighted by molar-refractivity contribution is 6.10. The number of imidazole rings is 1. The Morgan fingerprint density at radius 1 is 0.378 bits per heavy atom. The molecule has 0 N–H and O–H groups in total. The quantitative estimate of drug-likeness (QED) is 0.118. The molecule has 5 heterocycles. The normalized spacial score (nSPS) is 12.5. The maximum Gasteiger partial charge on any atom is 0.269 e. The first-order chi connectivity index (χ1) is 43.5. The van der Waals surface area contributed by atoms with Crippen molar-refractivity contribution in [2.75, 3.05) is 0 Å². The van der Waals surface area contributed by atoms with Gasteiger partial charge in [-0.05, 0) is 179 Å². The van der Waals surface area contributed by atoms with E-state index in [9.17, 15) is 0 Å². The van der Waals surface area contributed by atoms with Crippen LogP contribution in [0.2, 0.25) is 0 Å². The number of pyridine rings is 1. The van der Waals surface area contributed by atoms with E-state index in [1.807, 2.05) is 24.4 Å². The Morgan fingerprint density at radius 3 is 1.73 bits per heavy atom. The summed E-state index contributed by atoms with van der Waals surface area (Å²) in [6.45, 7) is 20.4. The molecule has 1 aliphatic rings. The molecular weight excluding hydrogens is 1100 g/mol. The Hall–Kier alpha value is -10.6. The van der Waals surface area contributed by atoms with Gasteiger partial charge in [-0.15, -0.1) is 0 Å². The number of para-hydroxylation sites is 3. The standard InChI is InChI=1S/C84H68N4O2/c1-82(2,3)57-34-28-52(29-35-57)54-32-39-66-64-20-10-11-21-65(64)73-46-56(55-33-41-78-72(45-55)69-23-13-15-27-77(69)90-78)47-76-81(73)87(80-63(24-17-25-70(80)71(66)44-54)53-30-36-58(37-31-53)83(4,5)6)51-86(76)60-18-16-19-61(49-60)89-62-38-40-68-67-22-12-14-26-74(67)88(75(68)50-62)79-48-59(42-43-85-79)84(7,8)9/h10-50H,1-9H3. The Balaban J connectivity index is 0.944. The predicted octanol–water partition coefficient (Wildman–Crippen LogP) is 22.1. The molecule has 15 aromatic rings. The van der Waals surface area contributed by atoms with Gasteiger partial charge in [0, 0.05) is 33.8 Å². The number of rotatable bonds is 7. The van der Waals surface area contributed by atoms with Crippen molar-refractivity contribution in [1.29, 1.82) is 0 Å². The predicted molar refractivity (Wildman–Crippen MR) is 372 cm³/mol. The van der Waals surface area contributed by atoms with Crippen LogP contribution in [-0.4, -0.2) is 14.1 Å². The molecule has 0 saturated heterocycles. The molecule has 0 amide bonds. The molecule has 0 saturated carbocycles. The van der Waals surface area contributed by atoms with Crippen molar-refractivity contribution in [3.63, 3.8) is 0 Å². The molecule has 16 rings (SSSR count). The third-order valence-electron chi connectivity index (χ3n) is 18.5. The maximum atomic E-state index is 7.06. The van der Waals surface area contributed by atoms with Crippen LogP contribution < -0.4 is 9.30 Å². The fraction of sp³-hybridized carbons (Fsp3) is 0.143. The van der Waals surface area contributed by atoms with Gasteiger partial charge in [0.1, 0.15) is 28.5 Å². The van der Waals surface area contributed by atoms with Crippen LogP contribution in [0.15, 0.2) is 253 Å². The number of ether oxygens (including phenoxy) is 1. The van der Waals surface area contributed by atoms with E-state index in [0.717, 1.165) is 139 Å². The molecule has 0 fully saturated rings. The lowest BCUT2D eigenvalue weighted by Crippen LogP contribution is -2.32. The minimum absolute atomic E-state index is 0.0208. The molecular formula is C84H68N4O2. The highest BCUT2D eigenvalue weighted by Gasteiger charge is 2.29. The minimum Gasteiger partial charge on any atom is -0.458 e. The summed E-state index contributed by atoms with van der Waals surface area (Å²) in [5.74, 6) is 2.29. The summed E-state index contributed by atoms with van der Waals surface area (Å²) in [5, 5.41) is 4.46. The smallest absolute Gasteiger partial charge is 0.269 e. The average molecular weight is 1170 g/mol. The molecule has 0 radical (unpaired) electrons. The van der Waals surface area contributed by atoms with E-state index >= 15 is 0 Å². The van der Waals surface area contributed by atoms with Crippen molar-refractivity contribution in [3.05, 3.63) is 272 Å². The maximum absolute atomic E-state index is 7.06. The SMILES string of the molecule is CC(C)(C)c1ccc(-c2ccc3c(c2)-c2cccc(-c4ccc(C(C)(C)C)cc4)c2-[n+]2[c-]n(-c4cccc(Oc5ccc6c7ccccc7n(-c7cc(C(C)(C)C)ccn7)c6c5)c4)c4cc(-c5ccc6oc7ccccc7c6c5)cc(c42)-c2ccccc2-3)cc1. The molecule has 90 heavy (non-hydrogen) atoms. The first-order valence-electron chi connectivity index (χ1n) is 31.3. The largest absolute Gasteiger partial charge is 0.458 e. The molecule has 11 aromatic carbocycles. The lowest BCUT2D eigenvalue weighted by Gasteiger charge is -2.22. The van der Waals surface area contributed by atoms with Crippen LogP contribution in [-0.2, 0) is 16.2 Å². The van der Waals surface area contributed by atoms with Crippen LogP contribution in [0.1, 0.15) is 79.0 Å². The molecule has 1 aliphatic heterocycles. The Labute approximate surface area is 525 Å². The summed E-state index contributed by atoms with van der Waals surface area (Å²) in [5.41, 5.74) is 25.0. The van der Waals surface area contributed by atoms with E-state index < -0.39 is 0 Å². The summed E-state index contributed by atoms with van der Waals surface area (Å²) in [4.78, 5) is 4.97. The minimum atomic E-state index is -0.0518. The van der Waals surface area contributed by atoms with E-state index in [1.54, 1.807) is 0 Å². The van der Waals surface area contributed by atoms with Crippen molar-refractivity contribution >= 4 is 54.8 Å². The lowest BCUT2D eigenvalue weighted by molar-refractivity contribution is -0.570. The zero-order valence-corrected chi connectivity index (χ0v) is 52.3. The molecule has 6 nitrogen and oxygen atoms in total. The fourth-order valence-corrected chi connectivity index (χ4v) is 13.6. The molecule has 6 heteroatoms. The van der Waals surface area contributed by atoms with E-state index in [1.165, 1.54) is 22.3 Å². The second kappa shape index (κ2) is 20.5. The van der Waals surface area contributed by atoms with Crippen molar-refractivity contribution < 1.29 is 13.7 Å². The topological polar surface area (TPSA) is 49.0 Å². The van der Waals surface area contributed by atoms with E-state index in [4.69, 9.17) is 14.1 Å². The third-order valence-corrected chi connectivity index (χ3v) is 18.5. The van der Waals surface area contributed by atoms with Gasteiger partial charge in [-0.3, -0.25) is 13.7 Å². The van der Waals surface area contributed by atoms with Crippen molar-refractivity contribution in [2.24, 2.45) is 0 Å². The van der Waals surface area contributed by atoms with Gasteiger partial charge < -0.3 is 9.15 Å². The van der Waals surface area contributed by atoms with Gasteiger partial charge in [-0.2, -0.15) is 0 Å². The summed E-state index contributed by atoms with van der Waals surface area (Å²) in [7, 11) is 0. The van der Waals surface area contributed by atoms with Gasteiger partial charge in [0.2, 0.25) is 0 Å². The average Bonchev–Trinajstić information content (AvgIpc) is 1.55. The van der Waals surface area contributed by atoms with E-state index in [2.05, 4.69) is 307 Å². The molecule has 0 bridgehead atoms. The number of benzene rings is 11. The summed E-state index contributed by atoms with van der Waals surface area (Å²) in [6.07, 6.45) is 6.05. The second-order valence-corrected chi connectivity index (χ2v) is 27.4. The van der Waals surface area contributed by atoms with Crippen LogP contribution in [0.3, 0.4) is 0 Å². The van der Waals surface area contributed by atoms with Gasteiger partial charge in [-0.25, -0.2) is 4.98 Å². The third kappa shape index (κ3) is 9.23. The first kappa shape index (κ1) is 54.8. The highest BCUT2D eigenvalue weighted by atomic mass is 16.5. The van der Waals surface area contributed by atoms with Gasteiger partial charge >= 0.3 is 0 Å².